The molecule has 6 nitrogen and oxygen atoms in total. The molecule has 0 saturated heterocycles. The molecule has 2 aromatic carbocycles. The molecular weight excluding hydrogens is 352 g/mol. The first-order chi connectivity index (χ1) is 12.5. The van der Waals surface area contributed by atoms with Gasteiger partial charge in [-0.3, -0.25) is 9.59 Å². The van der Waals surface area contributed by atoms with Crippen LogP contribution in [0.2, 0.25) is 0 Å². The molecule has 0 saturated carbocycles. The Hall–Kier alpha value is -2.80. The minimum atomic E-state index is -0.632. The summed E-state index contributed by atoms with van der Waals surface area (Å²) in [5, 5.41) is 2.86. The van der Waals surface area contributed by atoms with E-state index >= 15 is 0 Å². The number of aryl methyl sites for hydroxylation is 1. The van der Waals surface area contributed by atoms with Gasteiger partial charge in [0.2, 0.25) is 0 Å². The van der Waals surface area contributed by atoms with E-state index < -0.39 is 6.10 Å². The fraction of sp³-hybridized carbons (Fsp3) is 0.263. The number of rotatable bonds is 6. The van der Waals surface area contributed by atoms with E-state index in [1.807, 2.05) is 25.1 Å². The van der Waals surface area contributed by atoms with Crippen LogP contribution in [0.3, 0.4) is 0 Å². The van der Waals surface area contributed by atoms with Gasteiger partial charge in [0.15, 0.2) is 6.10 Å². The number of anilines is 1. The highest BCUT2D eigenvalue weighted by Gasteiger charge is 2.19. The van der Waals surface area contributed by atoms with Crippen LogP contribution in [0.1, 0.15) is 13.3 Å². The number of amides is 1. The summed E-state index contributed by atoms with van der Waals surface area (Å²) < 4.78 is 13.4. The number of thiazole rings is 1. The van der Waals surface area contributed by atoms with Crippen LogP contribution in [0.25, 0.3) is 10.2 Å². The molecule has 136 valence electrons. The second-order valence-electron chi connectivity index (χ2n) is 5.79. The molecule has 0 radical (unpaired) electrons. The van der Waals surface area contributed by atoms with Crippen molar-refractivity contribution in [2.24, 2.45) is 7.05 Å². The third-order valence-corrected chi connectivity index (χ3v) is 5.04. The first-order valence-electron chi connectivity index (χ1n) is 8.23. The zero-order valence-corrected chi connectivity index (χ0v) is 15.6. The van der Waals surface area contributed by atoms with Gasteiger partial charge in [-0.1, -0.05) is 24.3 Å². The largest absolute Gasteiger partial charge is 0.497 e. The molecule has 3 aromatic rings. The molecule has 0 bridgehead atoms. The third kappa shape index (κ3) is 3.72. The van der Waals surface area contributed by atoms with E-state index in [1.54, 1.807) is 43.0 Å². The van der Waals surface area contributed by atoms with Gasteiger partial charge in [-0.05, 0) is 36.8 Å². The van der Waals surface area contributed by atoms with Gasteiger partial charge in [0.05, 0.1) is 17.3 Å². The predicted molar refractivity (Wildman–Crippen MR) is 103 cm³/mol. The van der Waals surface area contributed by atoms with Gasteiger partial charge in [-0.15, -0.1) is 0 Å². The van der Waals surface area contributed by atoms with E-state index in [0.717, 1.165) is 21.6 Å². The highest BCUT2D eigenvalue weighted by atomic mass is 32.1. The maximum atomic E-state index is 12.6. The van der Waals surface area contributed by atoms with Gasteiger partial charge in [-0.25, -0.2) is 0 Å². The van der Waals surface area contributed by atoms with Crippen LogP contribution in [0, 0.1) is 0 Å². The van der Waals surface area contributed by atoms with Crippen molar-refractivity contribution in [1.82, 2.24) is 4.57 Å². The number of nitrogens with zero attached hydrogens (tertiary/aromatic N) is 1. The fourth-order valence-corrected chi connectivity index (χ4v) is 3.51. The number of nitrogens with one attached hydrogen (secondary N) is 1. The topological polar surface area (TPSA) is 69.6 Å². The number of aromatic nitrogens is 1. The van der Waals surface area contributed by atoms with Crippen LogP contribution in [0.4, 0.5) is 5.69 Å². The number of benzene rings is 2. The molecule has 1 amide bonds. The van der Waals surface area contributed by atoms with Crippen LogP contribution < -0.4 is 19.7 Å². The zero-order chi connectivity index (χ0) is 18.7. The van der Waals surface area contributed by atoms with Gasteiger partial charge < -0.3 is 19.4 Å². The summed E-state index contributed by atoms with van der Waals surface area (Å²) in [5.74, 6) is 1.00. The molecule has 0 spiro atoms. The van der Waals surface area contributed by atoms with Crippen LogP contribution >= 0.6 is 11.3 Å². The number of methoxy groups -OCH3 is 1. The van der Waals surface area contributed by atoms with Crippen LogP contribution in [0.5, 0.6) is 11.5 Å². The second kappa shape index (κ2) is 7.61. The molecule has 0 fully saturated rings. The SMILES string of the molecule is CC[C@H](Oc1cccc(OC)c1)C(=O)Nc1ccc2c(c1)sc(=O)n2C. The fourth-order valence-electron chi connectivity index (χ4n) is 2.60. The summed E-state index contributed by atoms with van der Waals surface area (Å²) in [5.41, 5.74) is 1.48. The number of fused-ring (bicyclic) bond motifs is 1. The molecule has 0 aliphatic heterocycles. The van der Waals surface area contributed by atoms with Crippen molar-refractivity contribution in [3.8, 4) is 11.5 Å². The maximum Gasteiger partial charge on any atom is 0.307 e. The molecule has 0 unspecified atom stereocenters. The van der Waals surface area contributed by atoms with Gasteiger partial charge in [0.25, 0.3) is 5.91 Å². The minimum Gasteiger partial charge on any atom is -0.497 e. The lowest BCUT2D eigenvalue weighted by molar-refractivity contribution is -0.122. The Kier molecular flexibility index (Phi) is 5.27. The van der Waals surface area contributed by atoms with Crippen LogP contribution in [-0.2, 0) is 11.8 Å². The highest BCUT2D eigenvalue weighted by Crippen LogP contribution is 2.23. The molecule has 7 heteroatoms. The summed E-state index contributed by atoms with van der Waals surface area (Å²) in [6, 6.07) is 12.6. The number of carbonyl (C=O) groups is 1. The summed E-state index contributed by atoms with van der Waals surface area (Å²) in [7, 11) is 3.31. The second-order valence-corrected chi connectivity index (χ2v) is 6.79. The number of ether oxygens (including phenoxy) is 2. The Morgan fingerprint density at radius 2 is 2.00 bits per heavy atom. The predicted octanol–water partition coefficient (Wildman–Crippen LogP) is 3.40. The van der Waals surface area contributed by atoms with E-state index in [4.69, 9.17) is 9.47 Å². The Labute approximate surface area is 155 Å². The molecule has 1 heterocycles. The van der Waals surface area contributed by atoms with E-state index in [9.17, 15) is 9.59 Å². The Morgan fingerprint density at radius 3 is 2.73 bits per heavy atom. The number of carbonyl (C=O) groups excluding carboxylic acids is 1. The van der Waals surface area contributed by atoms with Gasteiger partial charge in [-0.2, -0.15) is 0 Å². The van der Waals surface area contributed by atoms with Crippen molar-refractivity contribution in [2.45, 2.75) is 19.4 Å². The molecule has 3 rings (SSSR count). The molecule has 0 aliphatic carbocycles. The molecule has 26 heavy (non-hydrogen) atoms. The standard InChI is InChI=1S/C19H20N2O4S/c1-4-16(25-14-7-5-6-13(11-14)24-3)18(22)20-12-8-9-15-17(10-12)26-19(23)21(15)2/h5-11,16H,4H2,1-3H3,(H,20,22)/t16-/m0/s1. The van der Waals surface area contributed by atoms with Crippen molar-refractivity contribution in [2.75, 3.05) is 12.4 Å². The smallest absolute Gasteiger partial charge is 0.307 e. The quantitative estimate of drug-likeness (QED) is 0.720. The zero-order valence-electron chi connectivity index (χ0n) is 14.8. The summed E-state index contributed by atoms with van der Waals surface area (Å²) in [6.45, 7) is 1.89. The lowest BCUT2D eigenvalue weighted by atomic mass is 10.2. The summed E-state index contributed by atoms with van der Waals surface area (Å²) >= 11 is 1.15. The summed E-state index contributed by atoms with van der Waals surface area (Å²) in [6.07, 6.45) is -0.114. The van der Waals surface area contributed by atoms with Gasteiger partial charge in [0.1, 0.15) is 11.5 Å². The Morgan fingerprint density at radius 1 is 1.23 bits per heavy atom. The lowest BCUT2D eigenvalue weighted by Gasteiger charge is -2.17. The Balaban J connectivity index is 1.75. The van der Waals surface area contributed by atoms with E-state index in [2.05, 4.69) is 5.32 Å². The maximum absolute atomic E-state index is 12.6. The normalized spacial score (nSPS) is 12.0. The van der Waals surface area contributed by atoms with E-state index in [-0.39, 0.29) is 10.8 Å². The Bertz CT molecular complexity index is 993. The monoisotopic (exact) mass is 372 g/mol. The van der Waals surface area contributed by atoms with Crippen LogP contribution in [0.15, 0.2) is 47.3 Å². The minimum absolute atomic E-state index is 0.0312. The molecule has 1 atom stereocenters. The number of hydrogen-bond donors (Lipinski definition) is 1. The van der Waals surface area contributed by atoms with E-state index in [1.165, 1.54) is 0 Å². The van der Waals surface area contributed by atoms with E-state index in [0.29, 0.717) is 23.6 Å². The molecule has 0 aliphatic rings. The first kappa shape index (κ1) is 18.0. The highest BCUT2D eigenvalue weighted by molar-refractivity contribution is 7.16. The third-order valence-electron chi connectivity index (χ3n) is 4.04. The molecule has 1 aromatic heterocycles. The average Bonchev–Trinajstić information content (AvgIpc) is 2.93. The van der Waals surface area contributed by atoms with Gasteiger partial charge >= 0.3 is 4.87 Å². The van der Waals surface area contributed by atoms with Crippen molar-refractivity contribution in [3.63, 3.8) is 0 Å². The average molecular weight is 372 g/mol. The first-order valence-corrected chi connectivity index (χ1v) is 9.04. The number of hydrogen-bond acceptors (Lipinski definition) is 5. The van der Waals surface area contributed by atoms with Crippen molar-refractivity contribution in [1.29, 1.82) is 0 Å². The summed E-state index contributed by atoms with van der Waals surface area (Å²) in [4.78, 5) is 24.3. The molecule has 1 N–H and O–H groups in total. The van der Waals surface area contributed by atoms with Gasteiger partial charge in [0, 0.05) is 18.8 Å². The van der Waals surface area contributed by atoms with Crippen molar-refractivity contribution < 1.29 is 14.3 Å². The molecular formula is C19H20N2O4S. The lowest BCUT2D eigenvalue weighted by Crippen LogP contribution is -2.32. The van der Waals surface area contributed by atoms with Crippen LogP contribution in [-0.4, -0.2) is 23.7 Å². The van der Waals surface area contributed by atoms with Crippen molar-refractivity contribution >= 4 is 33.1 Å². The van der Waals surface area contributed by atoms with Crippen molar-refractivity contribution in [3.05, 3.63) is 52.1 Å².